The lowest BCUT2D eigenvalue weighted by atomic mass is 10.00. The Kier molecular flexibility index (Phi) is 6.11. The molecule has 3 aromatic carbocycles. The third kappa shape index (κ3) is 4.81. The maximum Gasteiger partial charge on any atom is 0.272 e. The topological polar surface area (TPSA) is 66.5 Å². The van der Waals surface area contributed by atoms with E-state index < -0.39 is 11.4 Å². The average Bonchev–Trinajstić information content (AvgIpc) is 2.77. The van der Waals surface area contributed by atoms with Crippen molar-refractivity contribution >= 4 is 17.6 Å². The molecule has 0 aliphatic rings. The quantitative estimate of drug-likeness (QED) is 0.518. The van der Waals surface area contributed by atoms with E-state index in [4.69, 9.17) is 0 Å². The minimum Gasteiger partial charge on any atom is -0.289 e. The summed E-state index contributed by atoms with van der Waals surface area (Å²) in [6, 6.07) is 24.1. The highest BCUT2D eigenvalue weighted by Crippen LogP contribution is 2.18. The van der Waals surface area contributed by atoms with E-state index in [2.05, 4.69) is 5.43 Å². The van der Waals surface area contributed by atoms with Crippen molar-refractivity contribution < 1.29 is 14.4 Å². The highest BCUT2D eigenvalue weighted by atomic mass is 16.2. The third-order valence-corrected chi connectivity index (χ3v) is 4.53. The van der Waals surface area contributed by atoms with Gasteiger partial charge in [-0.05, 0) is 45.0 Å². The zero-order valence-electron chi connectivity index (χ0n) is 17.3. The van der Waals surface area contributed by atoms with Gasteiger partial charge in [0.1, 0.15) is 0 Å². The van der Waals surface area contributed by atoms with Gasteiger partial charge in [-0.1, -0.05) is 60.7 Å². The number of ketones is 1. The van der Waals surface area contributed by atoms with Crippen LogP contribution in [-0.2, 0) is 0 Å². The molecule has 2 amide bonds. The van der Waals surface area contributed by atoms with Crippen molar-refractivity contribution in [2.45, 2.75) is 26.3 Å². The van der Waals surface area contributed by atoms with Gasteiger partial charge in [-0.2, -0.15) is 0 Å². The number of carbonyl (C=O) groups excluding carboxylic acids is 3. The van der Waals surface area contributed by atoms with Gasteiger partial charge < -0.3 is 0 Å². The molecule has 0 heterocycles. The van der Waals surface area contributed by atoms with Crippen molar-refractivity contribution in [2.24, 2.45) is 0 Å². The summed E-state index contributed by atoms with van der Waals surface area (Å²) in [4.78, 5) is 38.7. The number of nitrogens with zero attached hydrogens (tertiary/aromatic N) is 1. The molecule has 0 saturated heterocycles. The summed E-state index contributed by atoms with van der Waals surface area (Å²) >= 11 is 0. The monoisotopic (exact) mass is 400 g/mol. The van der Waals surface area contributed by atoms with Gasteiger partial charge in [-0.25, -0.2) is 5.01 Å². The molecule has 0 aliphatic carbocycles. The Morgan fingerprint density at radius 3 is 1.73 bits per heavy atom. The second-order valence-electron chi connectivity index (χ2n) is 7.89. The van der Waals surface area contributed by atoms with E-state index in [1.807, 2.05) is 32.9 Å². The van der Waals surface area contributed by atoms with Gasteiger partial charge in [-0.3, -0.25) is 19.8 Å². The number of benzene rings is 3. The molecular weight excluding hydrogens is 376 g/mol. The maximum absolute atomic E-state index is 13.3. The standard InChI is InChI=1S/C25H24N2O3/c1-25(2,3)27(26-23(29)19-13-8-5-9-14-19)24(30)21-16-10-15-20(17-21)22(28)18-11-6-4-7-12-18/h4-17H,1-3H3,(H,26,29). The fourth-order valence-corrected chi connectivity index (χ4v) is 2.96. The van der Waals surface area contributed by atoms with E-state index in [0.29, 0.717) is 22.3 Å². The van der Waals surface area contributed by atoms with Gasteiger partial charge in [0.25, 0.3) is 11.8 Å². The van der Waals surface area contributed by atoms with Crippen LogP contribution in [0.25, 0.3) is 0 Å². The summed E-state index contributed by atoms with van der Waals surface area (Å²) < 4.78 is 0. The van der Waals surface area contributed by atoms with E-state index in [1.165, 1.54) is 5.01 Å². The predicted octanol–water partition coefficient (Wildman–Crippen LogP) is 4.50. The number of nitrogens with one attached hydrogen (secondary N) is 1. The van der Waals surface area contributed by atoms with Crippen LogP contribution < -0.4 is 5.43 Å². The molecule has 0 spiro atoms. The Balaban J connectivity index is 1.88. The zero-order chi connectivity index (χ0) is 21.7. The third-order valence-electron chi connectivity index (χ3n) is 4.53. The van der Waals surface area contributed by atoms with Crippen LogP contribution in [0.2, 0.25) is 0 Å². The Labute approximate surface area is 176 Å². The van der Waals surface area contributed by atoms with Crippen molar-refractivity contribution in [2.75, 3.05) is 0 Å². The summed E-state index contributed by atoms with van der Waals surface area (Å²) in [6.07, 6.45) is 0. The smallest absolute Gasteiger partial charge is 0.272 e. The summed E-state index contributed by atoms with van der Waals surface area (Å²) in [6.45, 7) is 5.49. The van der Waals surface area contributed by atoms with Gasteiger partial charge in [0.2, 0.25) is 0 Å². The van der Waals surface area contributed by atoms with Crippen LogP contribution >= 0.6 is 0 Å². The molecule has 0 atom stereocenters. The Hall–Kier alpha value is -3.73. The first kappa shape index (κ1) is 21.0. The largest absolute Gasteiger partial charge is 0.289 e. The molecule has 3 rings (SSSR count). The number of hydrazine groups is 1. The lowest BCUT2D eigenvalue weighted by Gasteiger charge is -2.35. The molecule has 30 heavy (non-hydrogen) atoms. The highest BCUT2D eigenvalue weighted by Gasteiger charge is 2.30. The van der Waals surface area contributed by atoms with Crippen molar-refractivity contribution in [3.05, 3.63) is 107 Å². The average molecular weight is 400 g/mol. The fourth-order valence-electron chi connectivity index (χ4n) is 2.96. The number of amides is 2. The molecule has 0 saturated carbocycles. The number of carbonyl (C=O) groups is 3. The fraction of sp³-hybridized carbons (Fsp3) is 0.160. The number of hydrogen-bond acceptors (Lipinski definition) is 3. The minimum absolute atomic E-state index is 0.166. The lowest BCUT2D eigenvalue weighted by Crippen LogP contribution is -2.55. The van der Waals surface area contributed by atoms with Gasteiger partial charge in [-0.15, -0.1) is 0 Å². The lowest BCUT2D eigenvalue weighted by molar-refractivity contribution is 0.0358. The molecule has 0 aromatic heterocycles. The normalized spacial score (nSPS) is 10.9. The Morgan fingerprint density at radius 1 is 0.667 bits per heavy atom. The van der Waals surface area contributed by atoms with Crippen LogP contribution in [0.3, 0.4) is 0 Å². The first-order chi connectivity index (χ1) is 14.3. The van der Waals surface area contributed by atoms with Crippen molar-refractivity contribution in [1.29, 1.82) is 0 Å². The molecule has 0 radical (unpaired) electrons. The van der Waals surface area contributed by atoms with E-state index in [-0.39, 0.29) is 11.7 Å². The molecular formula is C25H24N2O3. The highest BCUT2D eigenvalue weighted by molar-refractivity contribution is 6.10. The van der Waals surface area contributed by atoms with Crippen molar-refractivity contribution in [3.8, 4) is 0 Å². The van der Waals surface area contributed by atoms with Gasteiger partial charge in [0, 0.05) is 22.3 Å². The van der Waals surface area contributed by atoms with E-state index >= 15 is 0 Å². The van der Waals surface area contributed by atoms with Gasteiger partial charge in [0.15, 0.2) is 5.78 Å². The second-order valence-corrected chi connectivity index (χ2v) is 7.89. The molecule has 3 aromatic rings. The van der Waals surface area contributed by atoms with E-state index in [0.717, 1.165) is 0 Å². The van der Waals surface area contributed by atoms with Gasteiger partial charge in [0.05, 0.1) is 5.54 Å². The molecule has 0 unspecified atom stereocenters. The molecule has 5 heteroatoms. The van der Waals surface area contributed by atoms with Crippen LogP contribution in [0.1, 0.15) is 57.4 Å². The van der Waals surface area contributed by atoms with Crippen molar-refractivity contribution in [3.63, 3.8) is 0 Å². The van der Waals surface area contributed by atoms with Gasteiger partial charge >= 0.3 is 0 Å². The van der Waals surface area contributed by atoms with Crippen LogP contribution in [0, 0.1) is 0 Å². The summed E-state index contributed by atoms with van der Waals surface area (Å²) in [7, 11) is 0. The SMILES string of the molecule is CC(C)(C)N(NC(=O)c1ccccc1)C(=O)c1cccc(C(=O)c2ccccc2)c1. The molecule has 0 bridgehead atoms. The Bertz CT molecular complexity index is 1050. The molecule has 0 fully saturated rings. The first-order valence-corrected chi connectivity index (χ1v) is 9.68. The second kappa shape index (κ2) is 8.74. The molecule has 0 aliphatic heterocycles. The summed E-state index contributed by atoms with van der Waals surface area (Å²) in [5, 5.41) is 1.30. The van der Waals surface area contributed by atoms with Crippen LogP contribution in [0.4, 0.5) is 0 Å². The minimum atomic E-state index is -0.680. The molecule has 152 valence electrons. The predicted molar refractivity (Wildman–Crippen MR) is 116 cm³/mol. The number of rotatable bonds is 4. The van der Waals surface area contributed by atoms with Crippen LogP contribution in [-0.4, -0.2) is 28.1 Å². The van der Waals surface area contributed by atoms with Crippen LogP contribution in [0.5, 0.6) is 0 Å². The first-order valence-electron chi connectivity index (χ1n) is 9.68. The van der Waals surface area contributed by atoms with E-state index in [9.17, 15) is 14.4 Å². The maximum atomic E-state index is 13.3. The van der Waals surface area contributed by atoms with E-state index in [1.54, 1.807) is 72.8 Å². The van der Waals surface area contributed by atoms with Crippen molar-refractivity contribution in [1.82, 2.24) is 10.4 Å². The van der Waals surface area contributed by atoms with Crippen LogP contribution in [0.15, 0.2) is 84.9 Å². The number of hydrogen-bond donors (Lipinski definition) is 1. The summed E-state index contributed by atoms with van der Waals surface area (Å²) in [5.74, 6) is -0.939. The summed E-state index contributed by atoms with van der Waals surface area (Å²) in [5.41, 5.74) is 3.76. The molecule has 1 N–H and O–H groups in total. The molecule has 5 nitrogen and oxygen atoms in total. The Morgan fingerprint density at radius 2 is 1.17 bits per heavy atom. The zero-order valence-corrected chi connectivity index (χ0v) is 17.3.